The van der Waals surface area contributed by atoms with Gasteiger partial charge in [-0.25, -0.2) is 4.79 Å². The molecule has 0 bridgehead atoms. The van der Waals surface area contributed by atoms with Crippen LogP contribution < -0.4 is 10.5 Å². The molecule has 0 aliphatic carbocycles. The van der Waals surface area contributed by atoms with Gasteiger partial charge in [-0.3, -0.25) is 4.79 Å². The lowest BCUT2D eigenvalue weighted by Crippen LogP contribution is -2.12. The highest BCUT2D eigenvalue weighted by molar-refractivity contribution is 5.93. The van der Waals surface area contributed by atoms with Crippen molar-refractivity contribution in [2.45, 2.75) is 20.8 Å². The van der Waals surface area contributed by atoms with Crippen molar-refractivity contribution >= 4 is 11.9 Å². The van der Waals surface area contributed by atoms with Crippen LogP contribution in [0, 0.1) is 13.8 Å². The Hall–Kier alpha value is -2.30. The number of carboxylic acid groups (broad SMARTS) is 1. The molecule has 0 radical (unpaired) electrons. The molecule has 0 aromatic heterocycles. The summed E-state index contributed by atoms with van der Waals surface area (Å²) in [5.74, 6) is -0.846. The molecule has 0 saturated heterocycles. The van der Waals surface area contributed by atoms with Gasteiger partial charge in [0, 0.05) is 11.6 Å². The van der Waals surface area contributed by atoms with Gasteiger partial charge in [-0.2, -0.15) is 0 Å². The van der Waals surface area contributed by atoms with Crippen molar-refractivity contribution in [1.29, 1.82) is 0 Å². The number of rotatable bonds is 5. The molecular formula is C14H17NO4. The Balaban J connectivity index is 2.91. The molecule has 0 aliphatic rings. The number of carbonyl (C=O) groups excluding carboxylic acids is 1. The number of nitrogens with two attached hydrogens (primary N) is 1. The van der Waals surface area contributed by atoms with E-state index in [2.05, 4.69) is 0 Å². The van der Waals surface area contributed by atoms with E-state index in [9.17, 15) is 9.59 Å². The molecule has 0 saturated carbocycles. The van der Waals surface area contributed by atoms with Crippen molar-refractivity contribution in [2.75, 3.05) is 6.61 Å². The summed E-state index contributed by atoms with van der Waals surface area (Å²) in [5.41, 5.74) is 7.83. The minimum Gasteiger partial charge on any atom is -0.489 e. The Morgan fingerprint density at radius 1 is 1.32 bits per heavy atom. The van der Waals surface area contributed by atoms with Crippen LogP contribution >= 0.6 is 0 Å². The molecule has 102 valence electrons. The molecule has 0 heterocycles. The van der Waals surface area contributed by atoms with Gasteiger partial charge >= 0.3 is 5.97 Å². The van der Waals surface area contributed by atoms with E-state index in [1.54, 1.807) is 19.1 Å². The normalized spacial score (nSPS) is 11.2. The summed E-state index contributed by atoms with van der Waals surface area (Å²) >= 11 is 0. The second-order valence-electron chi connectivity index (χ2n) is 4.42. The van der Waals surface area contributed by atoms with E-state index in [1.165, 1.54) is 0 Å². The maximum Gasteiger partial charge on any atom is 0.328 e. The van der Waals surface area contributed by atoms with Crippen LogP contribution in [0.2, 0.25) is 0 Å². The predicted molar refractivity (Wildman–Crippen MR) is 71.3 cm³/mol. The largest absolute Gasteiger partial charge is 0.489 e. The first-order valence-corrected chi connectivity index (χ1v) is 5.75. The number of amides is 1. The van der Waals surface area contributed by atoms with E-state index in [4.69, 9.17) is 15.6 Å². The van der Waals surface area contributed by atoms with Crippen molar-refractivity contribution in [3.8, 4) is 5.75 Å². The summed E-state index contributed by atoms with van der Waals surface area (Å²) in [7, 11) is 0. The maximum atomic E-state index is 11.1. The Bertz CT molecular complexity index is 523. The van der Waals surface area contributed by atoms with Gasteiger partial charge < -0.3 is 15.6 Å². The molecular weight excluding hydrogens is 246 g/mol. The monoisotopic (exact) mass is 263 g/mol. The highest BCUT2D eigenvalue weighted by Crippen LogP contribution is 2.25. The van der Waals surface area contributed by atoms with Gasteiger partial charge in [-0.05, 0) is 49.6 Å². The zero-order valence-electron chi connectivity index (χ0n) is 11.2. The second kappa shape index (κ2) is 6.04. The Morgan fingerprint density at radius 3 is 2.26 bits per heavy atom. The van der Waals surface area contributed by atoms with Gasteiger partial charge in [-0.1, -0.05) is 0 Å². The van der Waals surface area contributed by atoms with E-state index in [0.717, 1.165) is 17.2 Å². The number of aryl methyl sites for hydroxylation is 2. The number of aliphatic carboxylic acids is 1. The van der Waals surface area contributed by atoms with Gasteiger partial charge in [0.25, 0.3) is 0 Å². The minimum absolute atomic E-state index is 0.184. The van der Waals surface area contributed by atoms with Gasteiger partial charge in [0.1, 0.15) is 12.4 Å². The van der Waals surface area contributed by atoms with E-state index in [0.29, 0.717) is 16.9 Å². The Labute approximate surface area is 111 Å². The standard InChI is InChI=1S/C14H17NO4/c1-8(4-12(16)17)7-19-13-9(2)5-11(14(15)18)6-10(13)3/h4-6H,7H2,1-3H3,(H2,15,18)(H,16,17). The van der Waals surface area contributed by atoms with Crippen LogP contribution in [0.15, 0.2) is 23.8 Å². The Morgan fingerprint density at radius 2 is 1.84 bits per heavy atom. The van der Waals surface area contributed by atoms with Gasteiger partial charge in [0.05, 0.1) is 0 Å². The first-order chi connectivity index (χ1) is 8.81. The number of ether oxygens (including phenoxy) is 1. The molecule has 0 aliphatic heterocycles. The van der Waals surface area contributed by atoms with E-state index < -0.39 is 11.9 Å². The molecule has 0 spiro atoms. The average Bonchev–Trinajstić information content (AvgIpc) is 2.26. The van der Waals surface area contributed by atoms with Crippen molar-refractivity contribution in [1.82, 2.24) is 0 Å². The summed E-state index contributed by atoms with van der Waals surface area (Å²) in [6.45, 7) is 5.48. The molecule has 0 unspecified atom stereocenters. The van der Waals surface area contributed by atoms with Crippen LogP contribution in [-0.4, -0.2) is 23.6 Å². The number of hydrogen-bond acceptors (Lipinski definition) is 3. The topological polar surface area (TPSA) is 89.6 Å². The van der Waals surface area contributed by atoms with E-state index in [1.807, 2.05) is 13.8 Å². The number of carbonyl (C=O) groups is 2. The number of benzene rings is 1. The second-order valence-corrected chi connectivity index (χ2v) is 4.42. The fourth-order valence-corrected chi connectivity index (χ4v) is 1.76. The molecule has 0 atom stereocenters. The summed E-state index contributed by atoms with van der Waals surface area (Å²) in [6.07, 6.45) is 1.10. The van der Waals surface area contributed by atoms with Gasteiger partial charge in [0.15, 0.2) is 0 Å². The third-order valence-corrected chi connectivity index (χ3v) is 2.56. The zero-order chi connectivity index (χ0) is 14.6. The van der Waals surface area contributed by atoms with Crippen molar-refractivity contribution in [3.05, 3.63) is 40.5 Å². The van der Waals surface area contributed by atoms with Gasteiger partial charge in [-0.15, -0.1) is 0 Å². The van der Waals surface area contributed by atoms with E-state index in [-0.39, 0.29) is 6.61 Å². The van der Waals surface area contributed by atoms with Crippen molar-refractivity contribution < 1.29 is 19.4 Å². The van der Waals surface area contributed by atoms with Crippen molar-refractivity contribution in [3.63, 3.8) is 0 Å². The molecule has 1 amide bonds. The van der Waals surface area contributed by atoms with Crippen LogP contribution in [0.4, 0.5) is 0 Å². The first kappa shape index (κ1) is 14.8. The van der Waals surface area contributed by atoms with E-state index >= 15 is 0 Å². The molecule has 0 fully saturated rings. The third-order valence-electron chi connectivity index (χ3n) is 2.56. The molecule has 5 heteroatoms. The zero-order valence-corrected chi connectivity index (χ0v) is 11.2. The summed E-state index contributed by atoms with van der Waals surface area (Å²) < 4.78 is 5.58. The number of hydrogen-bond donors (Lipinski definition) is 2. The lowest BCUT2D eigenvalue weighted by molar-refractivity contribution is -0.131. The lowest BCUT2D eigenvalue weighted by Gasteiger charge is -2.13. The van der Waals surface area contributed by atoms with Crippen LogP contribution in [0.5, 0.6) is 5.75 Å². The predicted octanol–water partition coefficient (Wildman–Crippen LogP) is 1.81. The van der Waals surface area contributed by atoms with Crippen molar-refractivity contribution in [2.24, 2.45) is 5.73 Å². The smallest absolute Gasteiger partial charge is 0.328 e. The fraction of sp³-hybridized carbons (Fsp3) is 0.286. The van der Waals surface area contributed by atoms with Crippen LogP contribution in [0.25, 0.3) is 0 Å². The fourth-order valence-electron chi connectivity index (χ4n) is 1.76. The number of carboxylic acids is 1. The molecule has 3 N–H and O–H groups in total. The lowest BCUT2D eigenvalue weighted by atomic mass is 10.1. The van der Waals surface area contributed by atoms with Crippen LogP contribution in [0.3, 0.4) is 0 Å². The minimum atomic E-state index is -1.00. The highest BCUT2D eigenvalue weighted by Gasteiger charge is 2.09. The molecule has 19 heavy (non-hydrogen) atoms. The van der Waals surface area contributed by atoms with Crippen LogP contribution in [-0.2, 0) is 4.79 Å². The SMILES string of the molecule is CC(=CC(=O)O)COc1c(C)cc(C(N)=O)cc1C. The van der Waals surface area contributed by atoms with Crippen LogP contribution in [0.1, 0.15) is 28.4 Å². The first-order valence-electron chi connectivity index (χ1n) is 5.75. The van der Waals surface area contributed by atoms with Gasteiger partial charge in [0.2, 0.25) is 5.91 Å². The highest BCUT2D eigenvalue weighted by atomic mass is 16.5. The molecule has 1 aromatic carbocycles. The Kier molecular flexibility index (Phi) is 4.69. The molecule has 1 aromatic rings. The quantitative estimate of drug-likeness (QED) is 0.793. The third kappa shape index (κ3) is 4.13. The number of primary amides is 1. The molecule has 1 rings (SSSR count). The maximum absolute atomic E-state index is 11.1. The average molecular weight is 263 g/mol. The summed E-state index contributed by atoms with van der Waals surface area (Å²) in [4.78, 5) is 21.6. The summed E-state index contributed by atoms with van der Waals surface area (Å²) in [6, 6.07) is 3.31. The molecule has 5 nitrogen and oxygen atoms in total. The summed E-state index contributed by atoms with van der Waals surface area (Å²) in [5, 5.41) is 8.60.